The maximum atomic E-state index is 6.02. The molecule has 0 bridgehead atoms. The van der Waals surface area contributed by atoms with E-state index in [9.17, 15) is 0 Å². The molecule has 0 heterocycles. The molecule has 17 heavy (non-hydrogen) atoms. The first kappa shape index (κ1) is 15.5. The molecule has 0 aliphatic rings. The van der Waals surface area contributed by atoms with Gasteiger partial charge in [-0.15, -0.1) is 0 Å². The lowest BCUT2D eigenvalue weighted by atomic mass is 10.3. The van der Waals surface area contributed by atoms with Gasteiger partial charge >= 0.3 is 0 Å². The van der Waals surface area contributed by atoms with Crippen LogP contribution in [-0.2, 0) is 0 Å². The van der Waals surface area contributed by atoms with Gasteiger partial charge < -0.3 is 0 Å². The van der Waals surface area contributed by atoms with Gasteiger partial charge in [-0.05, 0) is 71.7 Å². The molecule has 1 rings (SSSR count). The molecule has 0 fully saturated rings. The van der Waals surface area contributed by atoms with Crippen molar-refractivity contribution in [3.05, 3.63) is 27.7 Å². The number of hydrogen-bond donors (Lipinski definition) is 0. The molecule has 0 aliphatic heterocycles. The fraction of sp³-hybridized carbons (Fsp3) is 0.500. The van der Waals surface area contributed by atoms with E-state index < -0.39 is 20.4 Å². The van der Waals surface area contributed by atoms with Gasteiger partial charge in [-0.1, -0.05) is 11.6 Å². The molecule has 0 atom stereocenters. The Kier molecular flexibility index (Phi) is 4.79. The Morgan fingerprint density at radius 3 is 1.82 bits per heavy atom. The lowest BCUT2D eigenvalue weighted by Crippen LogP contribution is -2.28. The molecule has 1 aromatic rings. The molecule has 0 spiro atoms. The highest BCUT2D eigenvalue weighted by Gasteiger charge is 2.27. The Labute approximate surface area is 122 Å². The highest BCUT2D eigenvalue weighted by atomic mass is 79.9. The number of hydrogen-bond acceptors (Lipinski definition) is 1. The molecule has 1 aromatic carbocycles. The molecule has 0 saturated heterocycles. The van der Waals surface area contributed by atoms with Crippen molar-refractivity contribution >= 4 is 53.6 Å². The van der Waals surface area contributed by atoms with E-state index in [1.165, 1.54) is 5.69 Å². The minimum Gasteiger partial charge on any atom is -0.297 e. The first-order valence-electron chi connectivity index (χ1n) is 5.15. The molecule has 5 heteroatoms. The van der Waals surface area contributed by atoms with Gasteiger partial charge in [0.2, 0.25) is 0 Å². The molecular weight excluding hydrogens is 338 g/mol. The van der Waals surface area contributed by atoms with Crippen LogP contribution in [0.2, 0.25) is 5.02 Å². The fourth-order valence-electron chi connectivity index (χ4n) is 1.89. The maximum Gasteiger partial charge on any atom is 0.0700 e. The van der Waals surface area contributed by atoms with Crippen LogP contribution in [0.25, 0.3) is 0 Å². The smallest absolute Gasteiger partial charge is 0.0700 e. The van der Waals surface area contributed by atoms with Gasteiger partial charge in [0.05, 0.1) is 5.69 Å². The minimum atomic E-state index is -0.814. The van der Waals surface area contributed by atoms with E-state index in [1.54, 1.807) is 0 Å². The number of rotatable bonds is 3. The van der Waals surface area contributed by atoms with E-state index in [0.29, 0.717) is 0 Å². The van der Waals surface area contributed by atoms with Gasteiger partial charge in [-0.3, -0.25) is 3.71 Å². The lowest BCUT2D eigenvalue weighted by molar-refractivity contribution is 1.51. The summed E-state index contributed by atoms with van der Waals surface area (Å²) < 4.78 is 3.65. The lowest BCUT2D eigenvalue weighted by Gasteiger charge is -2.53. The van der Waals surface area contributed by atoms with Crippen molar-refractivity contribution in [2.24, 2.45) is 0 Å². The molecule has 0 radical (unpaired) electrons. The summed E-state index contributed by atoms with van der Waals surface area (Å²) in [7, 11) is -1.63. The molecule has 0 amide bonds. The van der Waals surface area contributed by atoms with Crippen molar-refractivity contribution in [1.82, 2.24) is 0 Å². The zero-order valence-corrected chi connectivity index (χ0v) is 15.2. The standard InChI is InChI=1S/C12H21BrClNS2/c1-16(2,3)15(17(4,5)6)12-8-7-10(14)9-11(12)13/h7-9H,1-6H3. The summed E-state index contributed by atoms with van der Waals surface area (Å²) in [6.07, 6.45) is 14.0. The van der Waals surface area contributed by atoms with Crippen molar-refractivity contribution in [3.63, 3.8) is 0 Å². The summed E-state index contributed by atoms with van der Waals surface area (Å²) in [6, 6.07) is 6.05. The quantitative estimate of drug-likeness (QED) is 0.724. The van der Waals surface area contributed by atoms with Crippen molar-refractivity contribution < 1.29 is 0 Å². The zero-order chi connectivity index (χ0) is 13.4. The SMILES string of the molecule is CS(C)(C)N(c1ccc(Cl)cc1Br)S(C)(C)C. The molecule has 0 saturated carbocycles. The number of halogens is 2. The van der Waals surface area contributed by atoms with E-state index in [2.05, 4.69) is 63.2 Å². The molecule has 0 unspecified atom stereocenters. The van der Waals surface area contributed by atoms with Crippen LogP contribution in [0.5, 0.6) is 0 Å². The van der Waals surface area contributed by atoms with Crippen molar-refractivity contribution in [1.29, 1.82) is 0 Å². The monoisotopic (exact) mass is 357 g/mol. The summed E-state index contributed by atoms with van der Waals surface area (Å²) in [5.41, 5.74) is 1.25. The Morgan fingerprint density at radius 2 is 1.47 bits per heavy atom. The van der Waals surface area contributed by atoms with Gasteiger partial charge in [0.1, 0.15) is 0 Å². The van der Waals surface area contributed by atoms with Crippen LogP contribution in [0.4, 0.5) is 5.69 Å². The van der Waals surface area contributed by atoms with Crippen LogP contribution in [0, 0.1) is 0 Å². The second kappa shape index (κ2) is 5.24. The van der Waals surface area contributed by atoms with Crippen LogP contribution < -0.4 is 3.71 Å². The maximum absolute atomic E-state index is 6.02. The molecule has 100 valence electrons. The van der Waals surface area contributed by atoms with Gasteiger partial charge in [-0.2, -0.15) is 20.4 Å². The van der Waals surface area contributed by atoms with Gasteiger partial charge in [-0.25, -0.2) is 0 Å². The molecule has 1 nitrogen and oxygen atoms in total. The highest BCUT2D eigenvalue weighted by molar-refractivity contribution is 9.10. The number of anilines is 1. The van der Waals surface area contributed by atoms with E-state index >= 15 is 0 Å². The third-order valence-electron chi connectivity index (χ3n) is 2.10. The second-order valence-electron chi connectivity index (χ2n) is 5.40. The molecule has 0 N–H and O–H groups in total. The Bertz CT molecular complexity index is 396. The van der Waals surface area contributed by atoms with Crippen molar-refractivity contribution in [3.8, 4) is 0 Å². The van der Waals surface area contributed by atoms with E-state index in [1.807, 2.05) is 12.1 Å². The van der Waals surface area contributed by atoms with Crippen LogP contribution in [0.3, 0.4) is 0 Å². The average molecular weight is 359 g/mol. The third kappa shape index (κ3) is 3.98. The average Bonchev–Trinajstić information content (AvgIpc) is 2.04. The van der Waals surface area contributed by atoms with Crippen LogP contribution in [0.1, 0.15) is 0 Å². The first-order valence-corrected chi connectivity index (χ1v) is 12.0. The number of nitrogens with zero attached hydrogens (tertiary/aromatic N) is 1. The summed E-state index contributed by atoms with van der Waals surface area (Å²) in [4.78, 5) is 0. The van der Waals surface area contributed by atoms with E-state index in [-0.39, 0.29) is 0 Å². The van der Waals surface area contributed by atoms with Crippen LogP contribution >= 0.6 is 48.0 Å². The summed E-state index contributed by atoms with van der Waals surface area (Å²) in [5.74, 6) is 0. The first-order chi connectivity index (χ1) is 7.53. The highest BCUT2D eigenvalue weighted by Crippen LogP contribution is 2.60. The Morgan fingerprint density at radius 1 is 1.00 bits per heavy atom. The predicted molar refractivity (Wildman–Crippen MR) is 92.4 cm³/mol. The van der Waals surface area contributed by atoms with Gasteiger partial charge in [0.15, 0.2) is 0 Å². The molecule has 0 aliphatic carbocycles. The molecular formula is C12H21BrClNS2. The van der Waals surface area contributed by atoms with Crippen molar-refractivity contribution in [2.75, 3.05) is 41.2 Å². The predicted octanol–water partition coefficient (Wildman–Crippen LogP) is 5.13. The summed E-state index contributed by atoms with van der Waals surface area (Å²) in [5, 5.41) is 0.772. The fourth-order valence-corrected chi connectivity index (χ4v) is 9.85. The zero-order valence-electron chi connectivity index (χ0n) is 11.3. The normalized spacial score (nSPS) is 14.6. The topological polar surface area (TPSA) is 3.24 Å². The van der Waals surface area contributed by atoms with Crippen molar-refractivity contribution in [2.45, 2.75) is 0 Å². The second-order valence-corrected chi connectivity index (χ2v) is 14.7. The third-order valence-corrected chi connectivity index (χ3v) is 8.04. The minimum absolute atomic E-state index is 0.772. The Hall–Kier alpha value is 0.490. The van der Waals surface area contributed by atoms with Crippen LogP contribution in [-0.4, -0.2) is 37.5 Å². The van der Waals surface area contributed by atoms with Gasteiger partial charge in [0, 0.05) is 9.50 Å². The largest absolute Gasteiger partial charge is 0.297 e. The van der Waals surface area contributed by atoms with Gasteiger partial charge in [0.25, 0.3) is 0 Å². The van der Waals surface area contributed by atoms with E-state index in [0.717, 1.165) is 9.50 Å². The Balaban J connectivity index is 3.34. The number of benzene rings is 1. The molecule has 0 aromatic heterocycles. The van der Waals surface area contributed by atoms with Crippen LogP contribution in [0.15, 0.2) is 22.7 Å². The summed E-state index contributed by atoms with van der Waals surface area (Å²) >= 11 is 9.65. The van der Waals surface area contributed by atoms with E-state index in [4.69, 9.17) is 11.6 Å². The summed E-state index contributed by atoms with van der Waals surface area (Å²) in [6.45, 7) is 0.